The lowest BCUT2D eigenvalue weighted by molar-refractivity contribution is 0.102. The average Bonchev–Trinajstić information content (AvgIpc) is 3.51. The molecule has 0 aromatic carbocycles. The molecule has 5 aromatic rings. The number of fused-ring (bicyclic) bond motifs is 1. The van der Waals surface area contributed by atoms with Gasteiger partial charge in [-0.3, -0.25) is 15.1 Å². The lowest BCUT2D eigenvalue weighted by atomic mass is 10.1. The number of anilines is 1. The van der Waals surface area contributed by atoms with Gasteiger partial charge in [0.25, 0.3) is 5.91 Å². The minimum Gasteiger partial charge on any atom is -0.467 e. The highest BCUT2D eigenvalue weighted by Crippen LogP contribution is 2.26. The van der Waals surface area contributed by atoms with Crippen molar-refractivity contribution in [3.8, 4) is 11.3 Å². The number of aryl methyl sites for hydroxylation is 1. The molecule has 0 fully saturated rings. The fraction of sp³-hybridized carbons (Fsp3) is 0.100. The first kappa shape index (κ1) is 18.1. The highest BCUT2D eigenvalue weighted by molar-refractivity contribution is 7.15. The molecule has 0 saturated carbocycles. The number of hydrogen-bond acceptors (Lipinski definition) is 8. The average molecular weight is 417 g/mol. The van der Waals surface area contributed by atoms with E-state index in [1.54, 1.807) is 35.6 Å². The van der Waals surface area contributed by atoms with Crippen molar-refractivity contribution in [2.75, 3.05) is 5.32 Å². The molecule has 0 saturated heterocycles. The normalized spacial score (nSPS) is 11.1. The Hall–Kier alpha value is -3.92. The smallest absolute Gasteiger partial charge is 0.258 e. The number of aromatic nitrogens is 6. The molecule has 0 spiro atoms. The maximum atomic E-state index is 13.1. The zero-order valence-electron chi connectivity index (χ0n) is 15.8. The van der Waals surface area contributed by atoms with Crippen molar-refractivity contribution in [1.82, 2.24) is 29.9 Å². The SMILES string of the molecule is Cc1nnc(NC(=O)c2cc(-c3cccnc3)nc3c2cnn3Cc2ccco2)s1. The Morgan fingerprint density at radius 2 is 2.17 bits per heavy atom. The van der Waals surface area contributed by atoms with Gasteiger partial charge in [0.2, 0.25) is 5.13 Å². The van der Waals surface area contributed by atoms with Gasteiger partial charge < -0.3 is 4.42 Å². The van der Waals surface area contributed by atoms with Crippen LogP contribution in [0.4, 0.5) is 5.13 Å². The van der Waals surface area contributed by atoms with Gasteiger partial charge in [-0.15, -0.1) is 10.2 Å². The van der Waals surface area contributed by atoms with Crippen molar-refractivity contribution in [3.63, 3.8) is 0 Å². The molecule has 0 aliphatic carbocycles. The topological polar surface area (TPSA) is 112 Å². The van der Waals surface area contributed by atoms with Gasteiger partial charge in [-0.25, -0.2) is 9.67 Å². The molecule has 0 aliphatic rings. The van der Waals surface area contributed by atoms with Crippen LogP contribution in [0, 0.1) is 6.92 Å². The molecule has 0 bridgehead atoms. The monoisotopic (exact) mass is 417 g/mol. The summed E-state index contributed by atoms with van der Waals surface area (Å²) in [5, 5.41) is 17.0. The Morgan fingerprint density at radius 3 is 2.90 bits per heavy atom. The molecule has 10 heteroatoms. The molecule has 148 valence electrons. The van der Waals surface area contributed by atoms with Crippen molar-refractivity contribution in [2.45, 2.75) is 13.5 Å². The molecule has 5 heterocycles. The number of furan rings is 1. The summed E-state index contributed by atoms with van der Waals surface area (Å²) in [5.74, 6) is 0.435. The first-order valence-electron chi connectivity index (χ1n) is 9.08. The minimum atomic E-state index is -0.304. The van der Waals surface area contributed by atoms with E-state index in [1.807, 2.05) is 31.2 Å². The summed E-state index contributed by atoms with van der Waals surface area (Å²) in [5.41, 5.74) is 2.44. The first-order valence-corrected chi connectivity index (χ1v) is 9.90. The van der Waals surface area contributed by atoms with E-state index >= 15 is 0 Å². The van der Waals surface area contributed by atoms with E-state index in [0.717, 1.165) is 16.3 Å². The number of rotatable bonds is 5. The number of hydrogen-bond donors (Lipinski definition) is 1. The summed E-state index contributed by atoms with van der Waals surface area (Å²) in [6.07, 6.45) is 6.64. The van der Waals surface area contributed by atoms with Gasteiger partial charge >= 0.3 is 0 Å². The third-order valence-corrected chi connectivity index (χ3v) is 5.20. The second-order valence-corrected chi connectivity index (χ2v) is 7.68. The van der Waals surface area contributed by atoms with Gasteiger partial charge in [-0.2, -0.15) is 5.10 Å². The van der Waals surface area contributed by atoms with Crippen LogP contribution in [0.2, 0.25) is 0 Å². The number of pyridine rings is 2. The predicted octanol–water partition coefficient (Wildman–Crippen LogP) is 3.55. The summed E-state index contributed by atoms with van der Waals surface area (Å²) in [7, 11) is 0. The van der Waals surface area contributed by atoms with E-state index in [4.69, 9.17) is 9.40 Å². The fourth-order valence-corrected chi connectivity index (χ4v) is 3.66. The molecule has 1 amide bonds. The fourth-order valence-electron chi connectivity index (χ4n) is 3.08. The Bertz CT molecular complexity index is 1330. The van der Waals surface area contributed by atoms with Crippen LogP contribution in [0.25, 0.3) is 22.3 Å². The van der Waals surface area contributed by atoms with Crippen LogP contribution in [0.3, 0.4) is 0 Å². The van der Waals surface area contributed by atoms with Crippen molar-refractivity contribution >= 4 is 33.4 Å². The molecular weight excluding hydrogens is 402 g/mol. The largest absolute Gasteiger partial charge is 0.467 e. The van der Waals surface area contributed by atoms with E-state index in [0.29, 0.717) is 34.0 Å². The Balaban J connectivity index is 1.62. The number of amides is 1. The van der Waals surface area contributed by atoms with E-state index in [1.165, 1.54) is 11.3 Å². The third kappa shape index (κ3) is 3.44. The zero-order valence-corrected chi connectivity index (χ0v) is 16.6. The van der Waals surface area contributed by atoms with Crippen LogP contribution in [0.1, 0.15) is 21.1 Å². The van der Waals surface area contributed by atoms with Crippen LogP contribution in [-0.4, -0.2) is 35.9 Å². The highest BCUT2D eigenvalue weighted by Gasteiger charge is 2.19. The van der Waals surface area contributed by atoms with Gasteiger partial charge in [-0.1, -0.05) is 11.3 Å². The summed E-state index contributed by atoms with van der Waals surface area (Å²) >= 11 is 1.31. The number of carbonyl (C=O) groups is 1. The standard InChI is InChI=1S/C20H15N7O2S/c1-12-25-26-20(30-12)24-19(28)15-8-17(13-4-2-6-21-9-13)23-18-16(15)10-22-27(18)11-14-5-3-7-29-14/h2-10H,11H2,1H3,(H,24,26,28). The van der Waals surface area contributed by atoms with Gasteiger partial charge in [0.05, 0.1) is 29.1 Å². The van der Waals surface area contributed by atoms with Crippen LogP contribution >= 0.6 is 11.3 Å². The molecular formula is C20H15N7O2S. The van der Waals surface area contributed by atoms with Crippen LogP contribution in [0.15, 0.2) is 59.6 Å². The van der Waals surface area contributed by atoms with Gasteiger partial charge in [0.1, 0.15) is 17.3 Å². The Kier molecular flexibility index (Phi) is 4.52. The summed E-state index contributed by atoms with van der Waals surface area (Å²) < 4.78 is 7.15. The van der Waals surface area contributed by atoms with E-state index in [2.05, 4.69) is 25.6 Å². The first-order chi connectivity index (χ1) is 14.7. The van der Waals surface area contributed by atoms with Gasteiger partial charge in [-0.05, 0) is 37.3 Å². The molecule has 9 nitrogen and oxygen atoms in total. The van der Waals surface area contributed by atoms with Crippen LogP contribution in [-0.2, 0) is 6.54 Å². The summed E-state index contributed by atoms with van der Waals surface area (Å²) in [6, 6.07) is 9.14. The zero-order chi connectivity index (χ0) is 20.5. The third-order valence-electron chi connectivity index (χ3n) is 4.44. The molecule has 0 aliphatic heterocycles. The number of nitrogens with zero attached hydrogens (tertiary/aromatic N) is 6. The van der Waals surface area contributed by atoms with Gasteiger partial charge in [0, 0.05) is 18.0 Å². The lowest BCUT2D eigenvalue weighted by Crippen LogP contribution is -2.13. The lowest BCUT2D eigenvalue weighted by Gasteiger charge is -2.08. The Labute approximate surface area is 174 Å². The predicted molar refractivity (Wildman–Crippen MR) is 111 cm³/mol. The second kappa shape index (κ2) is 7.48. The molecule has 0 radical (unpaired) electrons. The van der Waals surface area contributed by atoms with Crippen molar-refractivity contribution in [1.29, 1.82) is 0 Å². The van der Waals surface area contributed by atoms with Gasteiger partial charge in [0.15, 0.2) is 5.65 Å². The maximum absolute atomic E-state index is 13.1. The quantitative estimate of drug-likeness (QED) is 0.465. The summed E-state index contributed by atoms with van der Waals surface area (Å²) in [4.78, 5) is 22.0. The van der Waals surface area contributed by atoms with E-state index in [9.17, 15) is 4.79 Å². The summed E-state index contributed by atoms with van der Waals surface area (Å²) in [6.45, 7) is 2.23. The maximum Gasteiger partial charge on any atom is 0.258 e. The second-order valence-electron chi connectivity index (χ2n) is 6.50. The molecule has 5 aromatic heterocycles. The highest BCUT2D eigenvalue weighted by atomic mass is 32.1. The minimum absolute atomic E-state index is 0.304. The molecule has 5 rings (SSSR count). The molecule has 0 atom stereocenters. The molecule has 1 N–H and O–H groups in total. The van der Waals surface area contributed by atoms with Crippen LogP contribution < -0.4 is 5.32 Å². The molecule has 30 heavy (non-hydrogen) atoms. The van der Waals surface area contributed by atoms with Crippen molar-refractivity contribution in [2.24, 2.45) is 0 Å². The van der Waals surface area contributed by atoms with Crippen molar-refractivity contribution in [3.05, 3.63) is 71.5 Å². The Morgan fingerprint density at radius 1 is 1.23 bits per heavy atom. The van der Waals surface area contributed by atoms with E-state index in [-0.39, 0.29) is 5.91 Å². The van der Waals surface area contributed by atoms with Crippen LogP contribution in [0.5, 0.6) is 0 Å². The van der Waals surface area contributed by atoms with E-state index < -0.39 is 0 Å². The van der Waals surface area contributed by atoms with Crippen molar-refractivity contribution < 1.29 is 9.21 Å². The molecule has 0 unspecified atom stereocenters. The number of carbonyl (C=O) groups excluding carboxylic acids is 1. The number of nitrogens with one attached hydrogen (secondary N) is 1.